The van der Waals surface area contributed by atoms with Crippen LogP contribution in [0.3, 0.4) is 0 Å². The van der Waals surface area contributed by atoms with Crippen molar-refractivity contribution in [3.05, 3.63) is 93.1 Å². The van der Waals surface area contributed by atoms with Gasteiger partial charge in [0.1, 0.15) is 17.2 Å². The highest BCUT2D eigenvalue weighted by molar-refractivity contribution is 6.14. The first-order valence-corrected chi connectivity index (χ1v) is 11.4. The van der Waals surface area contributed by atoms with Crippen LogP contribution in [-0.4, -0.2) is 47.4 Å². The molecular formula is C26H22N4O9. The number of carbonyl (C=O) groups is 4. The summed E-state index contributed by atoms with van der Waals surface area (Å²) in [5, 5.41) is 16.4. The Morgan fingerprint density at radius 1 is 1.13 bits per heavy atom. The van der Waals surface area contributed by atoms with E-state index in [4.69, 9.17) is 9.15 Å². The molecule has 4 amide bonds. The predicted octanol–water partition coefficient (Wildman–Crippen LogP) is 3.39. The molecule has 4 rings (SSSR count). The van der Waals surface area contributed by atoms with E-state index in [-0.39, 0.29) is 40.8 Å². The summed E-state index contributed by atoms with van der Waals surface area (Å²) in [4.78, 5) is 60.9. The molecule has 2 aromatic carbocycles. The zero-order chi connectivity index (χ0) is 28.1. The Hall–Kier alpha value is -5.46. The van der Waals surface area contributed by atoms with E-state index in [9.17, 15) is 29.3 Å². The van der Waals surface area contributed by atoms with Crippen LogP contribution in [0, 0.1) is 17.0 Å². The maximum absolute atomic E-state index is 12.9. The van der Waals surface area contributed by atoms with E-state index >= 15 is 0 Å². The van der Waals surface area contributed by atoms with Gasteiger partial charge < -0.3 is 24.5 Å². The number of anilines is 1. The van der Waals surface area contributed by atoms with Crippen molar-refractivity contribution < 1.29 is 38.0 Å². The number of ether oxygens (including phenoxy) is 2. The van der Waals surface area contributed by atoms with Gasteiger partial charge in [0.15, 0.2) is 6.61 Å². The summed E-state index contributed by atoms with van der Waals surface area (Å²) in [5.74, 6) is -1.81. The number of esters is 1. The van der Waals surface area contributed by atoms with Crippen molar-refractivity contribution in [2.45, 2.75) is 13.5 Å². The molecule has 0 spiro atoms. The van der Waals surface area contributed by atoms with Crippen LogP contribution in [0.1, 0.15) is 27.4 Å². The smallest absolute Gasteiger partial charge is 0.373 e. The zero-order valence-electron chi connectivity index (χ0n) is 20.8. The lowest BCUT2D eigenvalue weighted by atomic mass is 10.1. The number of carbonyl (C=O) groups excluding carboxylic acids is 4. The molecule has 0 radical (unpaired) electrons. The summed E-state index contributed by atoms with van der Waals surface area (Å²) in [6.07, 6.45) is 1.21. The highest BCUT2D eigenvalue weighted by Gasteiger charge is 2.34. The van der Waals surface area contributed by atoms with Crippen LogP contribution in [0.4, 0.5) is 16.2 Å². The number of aryl methyl sites for hydroxylation is 1. The molecule has 2 N–H and O–H groups in total. The SMILES string of the molecule is COC(=O)c1ccc(CN2C(=O)N/C(=C\c3cc([N+](=O)[O-])ccc3OCC(=O)Nc3ccc(C)cc3)C2=O)o1. The fourth-order valence-electron chi connectivity index (χ4n) is 3.57. The van der Waals surface area contributed by atoms with Crippen molar-refractivity contribution in [3.8, 4) is 5.75 Å². The minimum atomic E-state index is -0.771. The predicted molar refractivity (Wildman–Crippen MR) is 136 cm³/mol. The molecule has 0 bridgehead atoms. The number of nitrogens with one attached hydrogen (secondary N) is 2. The number of rotatable bonds is 9. The molecule has 0 saturated carbocycles. The molecule has 0 atom stereocenters. The number of nitro benzene ring substituents is 1. The van der Waals surface area contributed by atoms with Crippen LogP contribution >= 0.6 is 0 Å². The maximum Gasteiger partial charge on any atom is 0.373 e. The first-order valence-electron chi connectivity index (χ1n) is 11.4. The number of amides is 4. The van der Waals surface area contributed by atoms with E-state index in [2.05, 4.69) is 15.4 Å². The highest BCUT2D eigenvalue weighted by atomic mass is 16.6. The highest BCUT2D eigenvalue weighted by Crippen LogP contribution is 2.28. The van der Waals surface area contributed by atoms with E-state index in [1.807, 2.05) is 19.1 Å². The molecule has 1 aromatic heterocycles. The normalized spacial score (nSPS) is 13.8. The molecule has 200 valence electrons. The van der Waals surface area contributed by atoms with Crippen LogP contribution in [0.2, 0.25) is 0 Å². The fourth-order valence-corrected chi connectivity index (χ4v) is 3.57. The van der Waals surface area contributed by atoms with Crippen LogP contribution in [0.5, 0.6) is 5.75 Å². The number of benzene rings is 2. The fraction of sp³-hybridized carbons (Fsp3) is 0.154. The Kier molecular flexibility index (Phi) is 7.70. The summed E-state index contributed by atoms with van der Waals surface area (Å²) < 4.78 is 15.5. The molecule has 1 saturated heterocycles. The number of hydrogen-bond acceptors (Lipinski definition) is 9. The molecule has 1 aliphatic heterocycles. The molecule has 1 fully saturated rings. The third kappa shape index (κ3) is 6.28. The number of nitro groups is 1. The lowest BCUT2D eigenvalue weighted by Gasteiger charge is -2.11. The van der Waals surface area contributed by atoms with Gasteiger partial charge in [-0.2, -0.15) is 0 Å². The lowest BCUT2D eigenvalue weighted by Crippen LogP contribution is -2.30. The van der Waals surface area contributed by atoms with Crippen molar-refractivity contribution >= 4 is 41.3 Å². The van der Waals surface area contributed by atoms with Crippen LogP contribution in [0.25, 0.3) is 6.08 Å². The van der Waals surface area contributed by atoms with Gasteiger partial charge in [-0.1, -0.05) is 17.7 Å². The molecule has 2 heterocycles. The van der Waals surface area contributed by atoms with Gasteiger partial charge in [0.05, 0.1) is 18.6 Å². The second kappa shape index (κ2) is 11.3. The zero-order valence-corrected chi connectivity index (χ0v) is 20.8. The van der Waals surface area contributed by atoms with Crippen LogP contribution < -0.4 is 15.4 Å². The van der Waals surface area contributed by atoms with E-state index in [0.29, 0.717) is 5.69 Å². The maximum atomic E-state index is 12.9. The second-order valence-corrected chi connectivity index (χ2v) is 8.32. The molecule has 3 aromatic rings. The Bertz CT molecular complexity index is 1490. The van der Waals surface area contributed by atoms with Gasteiger partial charge in [0.25, 0.3) is 17.5 Å². The summed E-state index contributed by atoms with van der Waals surface area (Å²) in [6, 6.07) is 12.7. The first-order chi connectivity index (χ1) is 18.6. The minimum Gasteiger partial charge on any atom is -0.483 e. The summed E-state index contributed by atoms with van der Waals surface area (Å²) in [6.45, 7) is 1.21. The number of non-ortho nitro benzene ring substituents is 1. The number of nitrogens with zero attached hydrogens (tertiary/aromatic N) is 2. The molecule has 13 nitrogen and oxygen atoms in total. The van der Waals surface area contributed by atoms with E-state index in [1.54, 1.807) is 12.1 Å². The van der Waals surface area contributed by atoms with Crippen LogP contribution in [-0.2, 0) is 20.9 Å². The first kappa shape index (κ1) is 26.6. The van der Waals surface area contributed by atoms with Crippen molar-refractivity contribution in [1.29, 1.82) is 0 Å². The van der Waals surface area contributed by atoms with Gasteiger partial charge in [-0.05, 0) is 43.3 Å². The Morgan fingerprint density at radius 3 is 2.56 bits per heavy atom. The van der Waals surface area contributed by atoms with E-state index in [0.717, 1.165) is 16.5 Å². The third-order valence-electron chi connectivity index (χ3n) is 5.52. The number of hydrogen-bond donors (Lipinski definition) is 2. The van der Waals surface area contributed by atoms with E-state index < -0.39 is 35.3 Å². The van der Waals surface area contributed by atoms with Gasteiger partial charge in [-0.3, -0.25) is 24.6 Å². The largest absolute Gasteiger partial charge is 0.483 e. The Labute approximate surface area is 221 Å². The minimum absolute atomic E-state index is 0.0707. The van der Waals surface area contributed by atoms with Crippen LogP contribution in [0.15, 0.2) is 64.7 Å². The Morgan fingerprint density at radius 2 is 1.87 bits per heavy atom. The summed E-state index contributed by atoms with van der Waals surface area (Å²) in [7, 11) is 1.18. The number of methoxy groups -OCH3 is 1. The van der Waals surface area contributed by atoms with Gasteiger partial charge in [0.2, 0.25) is 5.76 Å². The average molecular weight is 534 g/mol. The molecule has 0 aliphatic carbocycles. The summed E-state index contributed by atoms with van der Waals surface area (Å²) in [5.41, 5.74) is 1.20. The molecule has 1 aliphatic rings. The molecule has 0 unspecified atom stereocenters. The van der Waals surface area contributed by atoms with Gasteiger partial charge in [0, 0.05) is 23.4 Å². The monoisotopic (exact) mass is 534 g/mol. The number of imide groups is 1. The lowest BCUT2D eigenvalue weighted by molar-refractivity contribution is -0.384. The standard InChI is InChI=1S/C26H22N4O9/c1-15-3-5-17(6-4-15)27-23(31)14-38-21-9-7-18(30(35)36)11-16(21)12-20-24(32)29(26(34)28-20)13-19-8-10-22(39-19)25(33)37-2/h3-12H,13-14H2,1-2H3,(H,27,31)(H,28,34)/b20-12-. The average Bonchev–Trinajstić information content (AvgIpc) is 3.49. The summed E-state index contributed by atoms with van der Waals surface area (Å²) >= 11 is 0. The van der Waals surface area contributed by atoms with Gasteiger partial charge >= 0.3 is 12.0 Å². The Balaban J connectivity index is 1.51. The van der Waals surface area contributed by atoms with Crippen molar-refractivity contribution in [2.75, 3.05) is 19.0 Å². The number of furan rings is 1. The molecule has 13 heteroatoms. The quantitative estimate of drug-likeness (QED) is 0.137. The molecule has 39 heavy (non-hydrogen) atoms. The number of urea groups is 1. The van der Waals surface area contributed by atoms with Crippen molar-refractivity contribution in [1.82, 2.24) is 10.2 Å². The van der Waals surface area contributed by atoms with Gasteiger partial charge in [-0.25, -0.2) is 9.59 Å². The second-order valence-electron chi connectivity index (χ2n) is 8.32. The topological polar surface area (TPSA) is 170 Å². The van der Waals surface area contributed by atoms with E-state index in [1.165, 1.54) is 37.5 Å². The van der Waals surface area contributed by atoms with Gasteiger partial charge in [-0.15, -0.1) is 0 Å². The van der Waals surface area contributed by atoms with Crippen molar-refractivity contribution in [2.24, 2.45) is 0 Å². The third-order valence-corrected chi connectivity index (χ3v) is 5.52. The van der Waals surface area contributed by atoms with Crippen molar-refractivity contribution in [3.63, 3.8) is 0 Å². The molecular weight excluding hydrogens is 512 g/mol.